The Kier molecular flexibility index (Phi) is 6.46. The summed E-state index contributed by atoms with van der Waals surface area (Å²) in [5, 5.41) is 2.46. The largest absolute Gasteiger partial charge is 0.479 e. The number of ether oxygens (including phenoxy) is 1. The zero-order valence-corrected chi connectivity index (χ0v) is 20.2. The second kappa shape index (κ2) is 9.10. The van der Waals surface area contributed by atoms with Crippen molar-refractivity contribution in [1.82, 2.24) is 0 Å². The molecule has 0 aromatic heterocycles. The van der Waals surface area contributed by atoms with Crippen molar-refractivity contribution in [1.29, 1.82) is 0 Å². The van der Waals surface area contributed by atoms with Gasteiger partial charge in [0.05, 0.1) is 6.04 Å². The van der Waals surface area contributed by atoms with Gasteiger partial charge in [0.15, 0.2) is 5.90 Å². The fourth-order valence-corrected chi connectivity index (χ4v) is 8.66. The SMILES string of the molecule is CC(C)(C)[C@H]1COC(C[C@@H](c2ccccc2)P(=S)(c2ccccc2)c2ccccc2)=N1. The van der Waals surface area contributed by atoms with Gasteiger partial charge in [-0.25, -0.2) is 4.99 Å². The van der Waals surface area contributed by atoms with Crippen LogP contribution in [0.4, 0.5) is 0 Å². The Morgan fingerprint density at radius 3 is 1.81 bits per heavy atom. The molecule has 3 aromatic carbocycles. The molecule has 2 atom stereocenters. The van der Waals surface area contributed by atoms with Gasteiger partial charge in [-0.15, -0.1) is 0 Å². The molecule has 1 heterocycles. The van der Waals surface area contributed by atoms with Crippen LogP contribution < -0.4 is 10.6 Å². The second-order valence-corrected chi connectivity index (χ2v) is 13.9. The van der Waals surface area contributed by atoms with Crippen molar-refractivity contribution in [2.24, 2.45) is 10.4 Å². The van der Waals surface area contributed by atoms with Gasteiger partial charge in [0.1, 0.15) is 6.61 Å². The predicted molar refractivity (Wildman–Crippen MR) is 137 cm³/mol. The minimum absolute atomic E-state index is 0.0864. The molecular formula is C27H30NOPS. The summed E-state index contributed by atoms with van der Waals surface area (Å²) >= 11 is 6.68. The Hall–Kier alpha value is -2.22. The van der Waals surface area contributed by atoms with E-state index < -0.39 is 6.04 Å². The van der Waals surface area contributed by atoms with Crippen molar-refractivity contribution in [3.8, 4) is 0 Å². The normalized spacial score (nSPS) is 17.6. The van der Waals surface area contributed by atoms with Crippen LogP contribution >= 0.6 is 6.04 Å². The molecule has 0 unspecified atom stereocenters. The van der Waals surface area contributed by atoms with E-state index in [9.17, 15) is 0 Å². The highest BCUT2D eigenvalue weighted by Gasteiger charge is 2.37. The van der Waals surface area contributed by atoms with Gasteiger partial charge >= 0.3 is 0 Å². The monoisotopic (exact) mass is 447 g/mol. The molecule has 3 aromatic rings. The second-order valence-electron chi connectivity index (χ2n) is 9.18. The number of rotatable bonds is 6. The van der Waals surface area contributed by atoms with E-state index in [2.05, 4.69) is 112 Å². The molecule has 0 N–H and O–H groups in total. The van der Waals surface area contributed by atoms with Gasteiger partial charge in [-0.2, -0.15) is 0 Å². The third kappa shape index (κ3) is 4.68. The molecule has 1 aliphatic rings. The molecule has 0 aliphatic carbocycles. The quantitative estimate of drug-likeness (QED) is 0.427. The summed E-state index contributed by atoms with van der Waals surface area (Å²) in [5.41, 5.74) is 1.46. The van der Waals surface area contributed by atoms with Crippen molar-refractivity contribution in [3.63, 3.8) is 0 Å². The smallest absolute Gasteiger partial charge is 0.184 e. The highest BCUT2D eigenvalue weighted by atomic mass is 32.4. The van der Waals surface area contributed by atoms with Crippen LogP contribution in [-0.4, -0.2) is 18.5 Å². The van der Waals surface area contributed by atoms with Gasteiger partial charge < -0.3 is 4.74 Å². The van der Waals surface area contributed by atoms with E-state index in [-0.39, 0.29) is 17.1 Å². The van der Waals surface area contributed by atoms with E-state index >= 15 is 0 Å². The minimum atomic E-state index is -2.20. The number of aliphatic imine (C=N–C) groups is 1. The number of hydrogen-bond acceptors (Lipinski definition) is 3. The Morgan fingerprint density at radius 2 is 1.35 bits per heavy atom. The Bertz CT molecular complexity index is 1030. The van der Waals surface area contributed by atoms with Crippen LogP contribution in [0.5, 0.6) is 0 Å². The van der Waals surface area contributed by atoms with E-state index in [1.165, 1.54) is 16.2 Å². The number of hydrogen-bond donors (Lipinski definition) is 0. The molecule has 160 valence electrons. The first kappa shape index (κ1) is 22.0. The van der Waals surface area contributed by atoms with Gasteiger partial charge in [-0.1, -0.05) is 124 Å². The molecule has 0 spiro atoms. The molecule has 0 fully saturated rings. The van der Waals surface area contributed by atoms with E-state index in [0.717, 1.165) is 12.3 Å². The number of benzene rings is 3. The van der Waals surface area contributed by atoms with E-state index in [1.807, 2.05) is 0 Å². The maximum absolute atomic E-state index is 6.68. The highest BCUT2D eigenvalue weighted by molar-refractivity contribution is 8.22. The lowest BCUT2D eigenvalue weighted by Gasteiger charge is -2.33. The summed E-state index contributed by atoms with van der Waals surface area (Å²) in [4.78, 5) is 4.99. The van der Waals surface area contributed by atoms with Gasteiger partial charge in [-0.3, -0.25) is 0 Å². The standard InChI is InChI=1S/C27H30NOPS/c1-27(2,3)25-20-29-26(28-25)19-24(21-13-7-4-8-14-21)30(31,22-15-9-5-10-16-22)23-17-11-6-12-18-23/h4-18,24-25H,19-20H2,1-3H3/t24-,25+/m0/s1. The molecule has 4 heteroatoms. The molecule has 0 amide bonds. The summed E-state index contributed by atoms with van der Waals surface area (Å²) in [5.74, 6) is 0.842. The molecule has 4 rings (SSSR count). The van der Waals surface area contributed by atoms with Gasteiger partial charge in [-0.05, 0) is 21.6 Å². The molecule has 0 saturated carbocycles. The van der Waals surface area contributed by atoms with E-state index in [4.69, 9.17) is 21.5 Å². The molecular weight excluding hydrogens is 417 g/mol. The lowest BCUT2D eigenvalue weighted by atomic mass is 9.88. The van der Waals surface area contributed by atoms with Crippen molar-refractivity contribution in [3.05, 3.63) is 96.6 Å². The van der Waals surface area contributed by atoms with Crippen molar-refractivity contribution in [2.75, 3.05) is 6.61 Å². The molecule has 31 heavy (non-hydrogen) atoms. The van der Waals surface area contributed by atoms with Gasteiger partial charge in [0.25, 0.3) is 0 Å². The average Bonchev–Trinajstić information content (AvgIpc) is 3.28. The fourth-order valence-electron chi connectivity index (χ4n) is 4.08. The predicted octanol–water partition coefficient (Wildman–Crippen LogP) is 6.09. The van der Waals surface area contributed by atoms with Crippen LogP contribution in [0.15, 0.2) is 96.0 Å². The summed E-state index contributed by atoms with van der Waals surface area (Å²) in [6.45, 7) is 7.32. The van der Waals surface area contributed by atoms with Crippen molar-refractivity contribution in [2.45, 2.75) is 38.9 Å². The first-order valence-electron chi connectivity index (χ1n) is 10.8. The van der Waals surface area contributed by atoms with Gasteiger partial charge in [0, 0.05) is 18.1 Å². The first-order valence-corrected chi connectivity index (χ1v) is 13.7. The van der Waals surface area contributed by atoms with Crippen molar-refractivity contribution >= 4 is 34.4 Å². The molecule has 1 aliphatic heterocycles. The first-order chi connectivity index (χ1) is 14.9. The number of nitrogens with zero attached hydrogens (tertiary/aromatic N) is 1. The zero-order chi connectivity index (χ0) is 21.9. The molecule has 0 bridgehead atoms. The lowest BCUT2D eigenvalue weighted by Crippen LogP contribution is -2.25. The summed E-state index contributed by atoms with van der Waals surface area (Å²) < 4.78 is 6.13. The van der Waals surface area contributed by atoms with Crippen LogP contribution in [0.25, 0.3) is 0 Å². The average molecular weight is 448 g/mol. The van der Waals surface area contributed by atoms with E-state index in [1.54, 1.807) is 0 Å². The fraction of sp³-hybridized carbons (Fsp3) is 0.296. The highest BCUT2D eigenvalue weighted by Crippen LogP contribution is 2.59. The van der Waals surface area contributed by atoms with Crippen LogP contribution in [0.3, 0.4) is 0 Å². The molecule has 0 saturated heterocycles. The lowest BCUT2D eigenvalue weighted by molar-refractivity contribution is 0.233. The maximum Gasteiger partial charge on any atom is 0.184 e. The summed E-state index contributed by atoms with van der Waals surface area (Å²) in [6.07, 6.45) is 0.720. The summed E-state index contributed by atoms with van der Waals surface area (Å²) in [7, 11) is 0. The van der Waals surface area contributed by atoms with Crippen LogP contribution in [0, 0.1) is 5.41 Å². The van der Waals surface area contributed by atoms with Crippen LogP contribution in [0.1, 0.15) is 38.4 Å². The molecule has 2 nitrogen and oxygen atoms in total. The van der Waals surface area contributed by atoms with Gasteiger partial charge in [0.2, 0.25) is 0 Å². The topological polar surface area (TPSA) is 21.6 Å². The van der Waals surface area contributed by atoms with Crippen molar-refractivity contribution < 1.29 is 4.74 Å². The Labute approximate surface area is 191 Å². The minimum Gasteiger partial charge on any atom is -0.479 e. The van der Waals surface area contributed by atoms with E-state index in [0.29, 0.717) is 6.61 Å². The Morgan fingerprint density at radius 1 is 0.871 bits per heavy atom. The third-order valence-corrected chi connectivity index (χ3v) is 11.5. The Balaban J connectivity index is 1.84. The van der Waals surface area contributed by atoms with Crippen LogP contribution in [-0.2, 0) is 16.5 Å². The van der Waals surface area contributed by atoms with Crippen LogP contribution in [0.2, 0.25) is 0 Å². The zero-order valence-electron chi connectivity index (χ0n) is 18.4. The summed E-state index contributed by atoms with van der Waals surface area (Å²) in [6, 6.07) is 30.0. The molecule has 0 radical (unpaired) electrons. The third-order valence-electron chi connectivity index (χ3n) is 5.98. The maximum atomic E-state index is 6.68.